The number of urea groups is 1. The summed E-state index contributed by atoms with van der Waals surface area (Å²) in [6, 6.07) is 4.36. The first-order chi connectivity index (χ1) is 10.8. The van der Waals surface area contributed by atoms with E-state index >= 15 is 0 Å². The summed E-state index contributed by atoms with van der Waals surface area (Å²) in [6.45, 7) is 4.87. The van der Waals surface area contributed by atoms with Crippen LogP contribution in [0.4, 0.5) is 4.79 Å². The molecule has 1 atom stereocenters. The van der Waals surface area contributed by atoms with Crippen LogP contribution in [0.25, 0.3) is 0 Å². The molecule has 3 amide bonds. The predicted octanol–water partition coefficient (Wildman–Crippen LogP) is 1.87. The molecule has 1 fully saturated rings. The second-order valence-corrected chi connectivity index (χ2v) is 5.84. The van der Waals surface area contributed by atoms with Crippen LogP contribution >= 0.6 is 0 Å². The lowest BCUT2D eigenvalue weighted by Gasteiger charge is -2.18. The summed E-state index contributed by atoms with van der Waals surface area (Å²) in [4.78, 5) is 41.1. The van der Waals surface area contributed by atoms with Gasteiger partial charge in [0.1, 0.15) is 5.76 Å². The number of aryl methyl sites for hydroxylation is 2. The standard InChI is InChI=1S/C16H17N3O4/c1-9-7-11(10(2)17-9)12(20)8-19-14(21)16(3,18-15(19)22)13-5-4-6-23-13/h4-7,17H,8H2,1-3H3,(H,18,22)/t16-/m0/s1. The molecule has 0 spiro atoms. The number of rotatable bonds is 4. The van der Waals surface area contributed by atoms with Crippen LogP contribution in [-0.2, 0) is 10.3 Å². The molecule has 1 aliphatic heterocycles. The number of aromatic nitrogens is 1. The van der Waals surface area contributed by atoms with Gasteiger partial charge in [-0.15, -0.1) is 0 Å². The number of aromatic amines is 1. The number of ketones is 1. The SMILES string of the molecule is Cc1cc(C(=O)CN2C(=O)N[C@@](C)(c3ccco3)C2=O)c(C)[nH]1. The number of H-pyrrole nitrogens is 1. The van der Waals surface area contributed by atoms with E-state index in [4.69, 9.17) is 4.42 Å². The average molecular weight is 315 g/mol. The van der Waals surface area contributed by atoms with Crippen molar-refractivity contribution in [1.82, 2.24) is 15.2 Å². The normalized spacial score (nSPS) is 20.9. The van der Waals surface area contributed by atoms with Gasteiger partial charge in [0.25, 0.3) is 5.91 Å². The van der Waals surface area contributed by atoms with Crippen molar-refractivity contribution in [3.8, 4) is 0 Å². The van der Waals surface area contributed by atoms with Gasteiger partial charge in [-0.25, -0.2) is 4.79 Å². The third kappa shape index (κ3) is 2.34. The molecule has 1 aliphatic rings. The summed E-state index contributed by atoms with van der Waals surface area (Å²) >= 11 is 0. The Labute approximate surface area is 132 Å². The molecule has 0 radical (unpaired) electrons. The number of imide groups is 1. The molecule has 2 aromatic heterocycles. The Morgan fingerprint density at radius 3 is 2.65 bits per heavy atom. The molecule has 7 nitrogen and oxygen atoms in total. The Kier molecular flexibility index (Phi) is 3.35. The molecule has 120 valence electrons. The molecule has 0 unspecified atom stereocenters. The Morgan fingerprint density at radius 2 is 2.09 bits per heavy atom. The molecule has 2 aromatic rings. The lowest BCUT2D eigenvalue weighted by molar-refractivity contribution is -0.131. The van der Waals surface area contributed by atoms with Gasteiger partial charge in [0, 0.05) is 17.0 Å². The molecular weight excluding hydrogens is 298 g/mol. The minimum atomic E-state index is -1.29. The molecule has 0 saturated carbocycles. The number of furan rings is 1. The van der Waals surface area contributed by atoms with E-state index in [2.05, 4.69) is 10.3 Å². The Bertz CT molecular complexity index is 790. The van der Waals surface area contributed by atoms with Crippen molar-refractivity contribution < 1.29 is 18.8 Å². The zero-order valence-electron chi connectivity index (χ0n) is 13.1. The van der Waals surface area contributed by atoms with E-state index in [1.165, 1.54) is 6.26 Å². The van der Waals surface area contributed by atoms with Crippen molar-refractivity contribution in [2.24, 2.45) is 0 Å². The van der Waals surface area contributed by atoms with Crippen LogP contribution in [0.2, 0.25) is 0 Å². The first kappa shape index (κ1) is 15.1. The minimum Gasteiger partial charge on any atom is -0.466 e. The topological polar surface area (TPSA) is 95.4 Å². The van der Waals surface area contributed by atoms with Gasteiger partial charge in [0.05, 0.1) is 12.8 Å². The lowest BCUT2D eigenvalue weighted by Crippen LogP contribution is -2.41. The van der Waals surface area contributed by atoms with E-state index in [1.54, 1.807) is 32.0 Å². The maximum absolute atomic E-state index is 12.6. The van der Waals surface area contributed by atoms with Gasteiger partial charge in [0.2, 0.25) is 0 Å². The van der Waals surface area contributed by atoms with Crippen molar-refractivity contribution >= 4 is 17.7 Å². The zero-order chi connectivity index (χ0) is 16.8. The summed E-state index contributed by atoms with van der Waals surface area (Å²) in [5.41, 5.74) is 0.760. The first-order valence-electron chi connectivity index (χ1n) is 7.20. The highest BCUT2D eigenvalue weighted by Gasteiger charge is 2.51. The lowest BCUT2D eigenvalue weighted by atomic mass is 9.99. The molecular formula is C16H17N3O4. The van der Waals surface area contributed by atoms with Crippen LogP contribution in [0, 0.1) is 13.8 Å². The fraction of sp³-hybridized carbons (Fsp3) is 0.312. The molecule has 0 aromatic carbocycles. The molecule has 3 heterocycles. The van der Waals surface area contributed by atoms with E-state index in [1.807, 2.05) is 6.92 Å². The molecule has 3 rings (SSSR count). The van der Waals surface area contributed by atoms with Crippen LogP contribution in [-0.4, -0.2) is 34.2 Å². The van der Waals surface area contributed by atoms with Gasteiger partial charge in [-0.05, 0) is 39.0 Å². The largest absolute Gasteiger partial charge is 0.466 e. The highest BCUT2D eigenvalue weighted by atomic mass is 16.3. The summed E-state index contributed by atoms with van der Waals surface area (Å²) in [5, 5.41) is 2.59. The van der Waals surface area contributed by atoms with Gasteiger partial charge in [-0.3, -0.25) is 14.5 Å². The zero-order valence-corrected chi connectivity index (χ0v) is 13.1. The third-order valence-corrected chi connectivity index (χ3v) is 4.04. The Hall–Kier alpha value is -2.83. The quantitative estimate of drug-likeness (QED) is 0.665. The number of hydrogen-bond acceptors (Lipinski definition) is 4. The van der Waals surface area contributed by atoms with E-state index in [0.29, 0.717) is 17.0 Å². The molecule has 7 heteroatoms. The van der Waals surface area contributed by atoms with Crippen LogP contribution in [0.1, 0.15) is 34.4 Å². The van der Waals surface area contributed by atoms with Gasteiger partial charge in [0.15, 0.2) is 11.3 Å². The minimum absolute atomic E-state index is 0.293. The maximum Gasteiger partial charge on any atom is 0.325 e. The summed E-state index contributed by atoms with van der Waals surface area (Å²) in [5.74, 6) is -0.464. The summed E-state index contributed by atoms with van der Waals surface area (Å²) < 4.78 is 5.25. The first-order valence-corrected chi connectivity index (χ1v) is 7.20. The van der Waals surface area contributed by atoms with Gasteiger partial charge < -0.3 is 14.7 Å². The van der Waals surface area contributed by atoms with E-state index in [9.17, 15) is 14.4 Å². The predicted molar refractivity (Wildman–Crippen MR) is 80.9 cm³/mol. The number of Topliss-reactive ketones (excluding diaryl/α,β-unsaturated/α-hetero) is 1. The van der Waals surface area contributed by atoms with Crippen molar-refractivity contribution in [3.63, 3.8) is 0 Å². The fourth-order valence-electron chi connectivity index (χ4n) is 2.81. The molecule has 2 N–H and O–H groups in total. The number of hydrogen-bond donors (Lipinski definition) is 2. The van der Waals surface area contributed by atoms with Crippen LogP contribution in [0.3, 0.4) is 0 Å². The maximum atomic E-state index is 12.6. The highest BCUT2D eigenvalue weighted by molar-refractivity contribution is 6.11. The number of nitrogens with one attached hydrogen (secondary N) is 2. The van der Waals surface area contributed by atoms with E-state index in [-0.39, 0.29) is 12.3 Å². The number of carbonyl (C=O) groups excluding carboxylic acids is 3. The van der Waals surface area contributed by atoms with Crippen molar-refractivity contribution in [1.29, 1.82) is 0 Å². The van der Waals surface area contributed by atoms with Crippen LogP contribution < -0.4 is 5.32 Å². The summed E-state index contributed by atoms with van der Waals surface area (Å²) in [7, 11) is 0. The number of nitrogens with zero attached hydrogens (tertiary/aromatic N) is 1. The molecule has 1 saturated heterocycles. The molecule has 0 bridgehead atoms. The smallest absolute Gasteiger partial charge is 0.325 e. The van der Waals surface area contributed by atoms with Crippen molar-refractivity contribution in [3.05, 3.63) is 47.2 Å². The van der Waals surface area contributed by atoms with Crippen LogP contribution in [0.15, 0.2) is 28.9 Å². The molecule has 23 heavy (non-hydrogen) atoms. The van der Waals surface area contributed by atoms with Crippen molar-refractivity contribution in [2.45, 2.75) is 26.3 Å². The fourth-order valence-corrected chi connectivity index (χ4v) is 2.81. The second-order valence-electron chi connectivity index (χ2n) is 5.84. The third-order valence-electron chi connectivity index (χ3n) is 4.04. The van der Waals surface area contributed by atoms with E-state index < -0.39 is 17.5 Å². The summed E-state index contributed by atoms with van der Waals surface area (Å²) in [6.07, 6.45) is 1.43. The van der Waals surface area contributed by atoms with Gasteiger partial charge in [-0.2, -0.15) is 0 Å². The highest BCUT2D eigenvalue weighted by Crippen LogP contribution is 2.29. The Morgan fingerprint density at radius 1 is 1.35 bits per heavy atom. The number of carbonyl (C=O) groups is 3. The molecule has 0 aliphatic carbocycles. The van der Waals surface area contributed by atoms with Crippen LogP contribution in [0.5, 0.6) is 0 Å². The second kappa shape index (κ2) is 5.12. The number of amides is 3. The van der Waals surface area contributed by atoms with E-state index in [0.717, 1.165) is 10.6 Å². The Balaban J connectivity index is 1.84. The monoisotopic (exact) mass is 315 g/mol. The van der Waals surface area contributed by atoms with Gasteiger partial charge in [-0.1, -0.05) is 0 Å². The van der Waals surface area contributed by atoms with Crippen molar-refractivity contribution in [2.75, 3.05) is 6.54 Å². The van der Waals surface area contributed by atoms with Gasteiger partial charge >= 0.3 is 6.03 Å². The average Bonchev–Trinajstić information content (AvgIpc) is 3.16.